The zero-order valence-corrected chi connectivity index (χ0v) is 7.80. The van der Waals surface area contributed by atoms with Crippen LogP contribution in [0.4, 0.5) is 5.82 Å². The minimum Gasteiger partial charge on any atom is -0.360 e. The van der Waals surface area contributed by atoms with Gasteiger partial charge in [0.05, 0.1) is 0 Å². The minimum atomic E-state index is 1.03. The van der Waals surface area contributed by atoms with E-state index in [0.717, 1.165) is 19.6 Å². The smallest absolute Gasteiger partial charge is 0.105 e. The molecule has 0 spiro atoms. The molecule has 0 radical (unpaired) electrons. The highest BCUT2D eigenvalue weighted by Gasteiger charge is 1.98. The van der Waals surface area contributed by atoms with E-state index in [-0.39, 0.29) is 0 Å². The summed E-state index contributed by atoms with van der Waals surface area (Å²) >= 11 is 0. The molecule has 1 rings (SSSR count). The van der Waals surface area contributed by atoms with Gasteiger partial charge >= 0.3 is 0 Å². The first-order valence-corrected chi connectivity index (χ1v) is 4.40. The Balaban J connectivity index is 2.25. The predicted molar refractivity (Wildman–Crippen MR) is 52.6 cm³/mol. The molecule has 1 aromatic rings. The lowest BCUT2D eigenvalue weighted by Crippen LogP contribution is -2.29. The molecule has 2 N–H and O–H groups in total. The second-order valence-corrected chi connectivity index (χ2v) is 2.83. The summed E-state index contributed by atoms with van der Waals surface area (Å²) in [4.78, 5) is 5.36. The van der Waals surface area contributed by atoms with Gasteiger partial charge in [-0.3, -0.25) is 0 Å². The van der Waals surface area contributed by atoms with Crippen LogP contribution in [0.3, 0.4) is 0 Å². The highest BCUT2D eigenvalue weighted by molar-refractivity contribution is 5.37. The lowest BCUT2D eigenvalue weighted by molar-refractivity contribution is 0.703. The van der Waals surface area contributed by atoms with Crippen molar-refractivity contribution >= 4 is 5.82 Å². The molecule has 68 valence electrons. The second-order valence-electron chi connectivity index (χ2n) is 2.83. The van der Waals surface area contributed by atoms with Gasteiger partial charge in [0.1, 0.15) is 5.82 Å². The summed E-state index contributed by atoms with van der Waals surface area (Å²) < 4.78 is 0. The Morgan fingerprint density at radius 1 is 1.58 bits per heavy atom. The number of hydrogen-bond donors (Lipinski definition) is 2. The number of nitrogens with zero attached hydrogens (tertiary/aromatic N) is 1. The summed E-state index contributed by atoms with van der Waals surface area (Å²) in [5.41, 5.74) is 0. The highest BCUT2D eigenvalue weighted by Crippen LogP contribution is 2.05. The molecule has 3 heteroatoms. The van der Waals surface area contributed by atoms with Crippen LogP contribution in [0, 0.1) is 0 Å². The zero-order valence-electron chi connectivity index (χ0n) is 7.80. The fraction of sp³-hybridized carbons (Fsp3) is 0.556. The van der Waals surface area contributed by atoms with Crippen LogP contribution >= 0.6 is 0 Å². The van der Waals surface area contributed by atoms with Gasteiger partial charge in [-0.2, -0.15) is 0 Å². The molecule has 0 aromatic carbocycles. The van der Waals surface area contributed by atoms with Crippen LogP contribution < -0.4 is 10.2 Å². The molecule has 0 aliphatic rings. The second kappa shape index (κ2) is 4.83. The average molecular weight is 167 g/mol. The standard InChI is InChI=1S/C9H17N3/c1-3-10-7-8-12(2)9-5-4-6-11-9/h4-6,10-11H,3,7-8H2,1-2H3. The van der Waals surface area contributed by atoms with E-state index >= 15 is 0 Å². The largest absolute Gasteiger partial charge is 0.360 e. The molecule has 1 heterocycles. The van der Waals surface area contributed by atoms with Crippen molar-refractivity contribution in [2.24, 2.45) is 0 Å². The van der Waals surface area contributed by atoms with Gasteiger partial charge in [0.15, 0.2) is 0 Å². The summed E-state index contributed by atoms with van der Waals surface area (Å²) in [6, 6.07) is 4.09. The van der Waals surface area contributed by atoms with Crippen LogP contribution in [0.25, 0.3) is 0 Å². The van der Waals surface area contributed by atoms with Gasteiger partial charge < -0.3 is 15.2 Å². The quantitative estimate of drug-likeness (QED) is 0.642. The number of rotatable bonds is 5. The average Bonchev–Trinajstić information content (AvgIpc) is 2.56. The molecular formula is C9H17N3. The van der Waals surface area contributed by atoms with Crippen LogP contribution in [-0.4, -0.2) is 31.7 Å². The minimum absolute atomic E-state index is 1.03. The summed E-state index contributed by atoms with van der Waals surface area (Å²) in [5.74, 6) is 1.17. The molecule has 0 amide bonds. The molecule has 0 atom stereocenters. The Kier molecular flexibility index (Phi) is 3.67. The molecule has 0 saturated carbocycles. The van der Waals surface area contributed by atoms with Gasteiger partial charge in [-0.05, 0) is 18.7 Å². The molecule has 12 heavy (non-hydrogen) atoms. The third-order valence-corrected chi connectivity index (χ3v) is 1.87. The van der Waals surface area contributed by atoms with Crippen molar-refractivity contribution in [3.63, 3.8) is 0 Å². The van der Waals surface area contributed by atoms with Crippen LogP contribution in [-0.2, 0) is 0 Å². The SMILES string of the molecule is CCNCCN(C)c1ccc[nH]1. The van der Waals surface area contributed by atoms with Crippen molar-refractivity contribution in [3.05, 3.63) is 18.3 Å². The Hall–Kier alpha value is -0.960. The highest BCUT2D eigenvalue weighted by atomic mass is 15.2. The zero-order chi connectivity index (χ0) is 8.81. The van der Waals surface area contributed by atoms with E-state index in [0.29, 0.717) is 0 Å². The third kappa shape index (κ3) is 2.58. The maximum Gasteiger partial charge on any atom is 0.105 e. The Morgan fingerprint density at radius 2 is 2.42 bits per heavy atom. The van der Waals surface area contributed by atoms with E-state index in [1.807, 2.05) is 12.3 Å². The number of aromatic amines is 1. The molecule has 0 fully saturated rings. The Morgan fingerprint density at radius 3 is 3.00 bits per heavy atom. The van der Waals surface area contributed by atoms with E-state index in [1.54, 1.807) is 0 Å². The summed E-state index contributed by atoms with van der Waals surface area (Å²) in [6.07, 6.45) is 1.94. The number of hydrogen-bond acceptors (Lipinski definition) is 2. The van der Waals surface area contributed by atoms with E-state index in [2.05, 4.69) is 35.2 Å². The lowest BCUT2D eigenvalue weighted by Gasteiger charge is -2.16. The van der Waals surface area contributed by atoms with Crippen LogP contribution in [0.15, 0.2) is 18.3 Å². The van der Waals surface area contributed by atoms with Crippen molar-refractivity contribution in [3.8, 4) is 0 Å². The van der Waals surface area contributed by atoms with E-state index < -0.39 is 0 Å². The van der Waals surface area contributed by atoms with Gasteiger partial charge in [0.25, 0.3) is 0 Å². The first kappa shape index (κ1) is 9.13. The van der Waals surface area contributed by atoms with Crippen molar-refractivity contribution in [2.75, 3.05) is 31.6 Å². The number of nitrogens with one attached hydrogen (secondary N) is 2. The molecular weight excluding hydrogens is 150 g/mol. The normalized spacial score (nSPS) is 10.2. The van der Waals surface area contributed by atoms with Gasteiger partial charge in [-0.15, -0.1) is 0 Å². The number of H-pyrrole nitrogens is 1. The van der Waals surface area contributed by atoms with E-state index in [4.69, 9.17) is 0 Å². The van der Waals surface area contributed by atoms with Gasteiger partial charge in [-0.1, -0.05) is 6.92 Å². The topological polar surface area (TPSA) is 31.1 Å². The Bertz CT molecular complexity index is 194. The number of aromatic nitrogens is 1. The first-order chi connectivity index (χ1) is 5.84. The molecule has 0 aliphatic carbocycles. The molecule has 0 saturated heterocycles. The fourth-order valence-electron chi connectivity index (χ4n) is 1.10. The molecule has 0 bridgehead atoms. The predicted octanol–water partition coefficient (Wildman–Crippen LogP) is 1.06. The van der Waals surface area contributed by atoms with Crippen LogP contribution in [0.1, 0.15) is 6.92 Å². The van der Waals surface area contributed by atoms with Crippen molar-refractivity contribution in [1.29, 1.82) is 0 Å². The molecule has 3 nitrogen and oxygen atoms in total. The number of likely N-dealkylation sites (N-methyl/N-ethyl adjacent to an activating group) is 2. The van der Waals surface area contributed by atoms with Crippen molar-refractivity contribution < 1.29 is 0 Å². The monoisotopic (exact) mass is 167 g/mol. The molecule has 0 aliphatic heterocycles. The van der Waals surface area contributed by atoms with Gasteiger partial charge in [0.2, 0.25) is 0 Å². The van der Waals surface area contributed by atoms with Crippen molar-refractivity contribution in [2.45, 2.75) is 6.92 Å². The fourth-order valence-corrected chi connectivity index (χ4v) is 1.10. The van der Waals surface area contributed by atoms with E-state index in [1.165, 1.54) is 5.82 Å². The van der Waals surface area contributed by atoms with Gasteiger partial charge in [0, 0.05) is 26.3 Å². The van der Waals surface area contributed by atoms with Gasteiger partial charge in [-0.25, -0.2) is 0 Å². The number of anilines is 1. The van der Waals surface area contributed by atoms with E-state index in [9.17, 15) is 0 Å². The van der Waals surface area contributed by atoms with Crippen LogP contribution in [0.2, 0.25) is 0 Å². The molecule has 1 aromatic heterocycles. The molecule has 0 unspecified atom stereocenters. The summed E-state index contributed by atoms with van der Waals surface area (Å²) in [6.45, 7) is 5.23. The third-order valence-electron chi connectivity index (χ3n) is 1.87. The first-order valence-electron chi connectivity index (χ1n) is 4.40. The lowest BCUT2D eigenvalue weighted by atomic mass is 10.5. The van der Waals surface area contributed by atoms with Crippen molar-refractivity contribution in [1.82, 2.24) is 10.3 Å². The summed E-state index contributed by atoms with van der Waals surface area (Å²) in [5, 5.41) is 3.29. The van der Waals surface area contributed by atoms with Crippen LogP contribution in [0.5, 0.6) is 0 Å². The maximum absolute atomic E-state index is 3.29. The maximum atomic E-state index is 3.29. The Labute approximate surface area is 73.8 Å². The summed E-state index contributed by atoms with van der Waals surface area (Å²) in [7, 11) is 2.09.